The van der Waals surface area contributed by atoms with E-state index in [1.165, 1.54) is 6.07 Å². The van der Waals surface area contributed by atoms with Gasteiger partial charge in [0.05, 0.1) is 6.04 Å². The third kappa shape index (κ3) is 3.28. The van der Waals surface area contributed by atoms with Crippen LogP contribution in [0.4, 0.5) is 4.39 Å². The summed E-state index contributed by atoms with van der Waals surface area (Å²) in [5.41, 5.74) is 2.00. The number of aryl methyl sites for hydroxylation is 2. The lowest BCUT2D eigenvalue weighted by molar-refractivity contribution is 0.420. The van der Waals surface area contributed by atoms with Crippen molar-refractivity contribution < 1.29 is 8.81 Å². The summed E-state index contributed by atoms with van der Waals surface area (Å²) >= 11 is 0. The molecular formula is C17H22FNO. The van der Waals surface area contributed by atoms with Gasteiger partial charge in [-0.15, -0.1) is 0 Å². The fraction of sp³-hybridized carbons (Fsp3) is 0.412. The summed E-state index contributed by atoms with van der Waals surface area (Å²) in [7, 11) is 0. The number of nitrogens with one attached hydrogen (secondary N) is 1. The Kier molecular flexibility index (Phi) is 4.96. The molecule has 2 rings (SSSR count). The molecular weight excluding hydrogens is 253 g/mol. The molecule has 0 aliphatic heterocycles. The largest absolute Gasteiger partial charge is 0.464 e. The Bertz CT molecular complexity index is 562. The van der Waals surface area contributed by atoms with Crippen molar-refractivity contribution in [3.05, 3.63) is 58.8 Å². The summed E-state index contributed by atoms with van der Waals surface area (Å²) in [4.78, 5) is 0. The lowest BCUT2D eigenvalue weighted by atomic mass is 9.99. The molecule has 0 spiro atoms. The minimum absolute atomic E-state index is 0.0917. The van der Waals surface area contributed by atoms with Crippen LogP contribution in [0.25, 0.3) is 0 Å². The fourth-order valence-corrected chi connectivity index (χ4v) is 2.31. The molecule has 1 aromatic heterocycles. The molecule has 1 heterocycles. The number of halogens is 1. The van der Waals surface area contributed by atoms with Crippen LogP contribution in [0, 0.1) is 12.7 Å². The van der Waals surface area contributed by atoms with Crippen molar-refractivity contribution in [1.29, 1.82) is 0 Å². The molecule has 0 aliphatic rings. The average Bonchev–Trinajstić information content (AvgIpc) is 2.92. The molecule has 0 bridgehead atoms. The van der Waals surface area contributed by atoms with Gasteiger partial charge >= 0.3 is 0 Å². The Morgan fingerprint density at radius 3 is 2.65 bits per heavy atom. The molecule has 1 unspecified atom stereocenters. The molecule has 1 atom stereocenters. The van der Waals surface area contributed by atoms with Crippen LogP contribution >= 0.6 is 0 Å². The van der Waals surface area contributed by atoms with E-state index < -0.39 is 0 Å². The van der Waals surface area contributed by atoms with Crippen LogP contribution in [0.15, 0.2) is 34.7 Å². The Morgan fingerprint density at radius 2 is 2.00 bits per heavy atom. The summed E-state index contributed by atoms with van der Waals surface area (Å²) in [6, 6.07) is 8.79. The van der Waals surface area contributed by atoms with Gasteiger partial charge in [0.25, 0.3) is 0 Å². The summed E-state index contributed by atoms with van der Waals surface area (Å²) in [5.74, 6) is 1.59. The van der Waals surface area contributed by atoms with E-state index in [1.807, 2.05) is 25.1 Å². The second-order valence-electron chi connectivity index (χ2n) is 5.05. The van der Waals surface area contributed by atoms with Crippen molar-refractivity contribution >= 4 is 0 Å². The van der Waals surface area contributed by atoms with E-state index in [2.05, 4.69) is 19.2 Å². The summed E-state index contributed by atoms with van der Waals surface area (Å²) in [5, 5.41) is 3.45. The Morgan fingerprint density at radius 1 is 1.20 bits per heavy atom. The minimum Gasteiger partial charge on any atom is -0.464 e. The highest BCUT2D eigenvalue weighted by Gasteiger charge is 2.19. The second kappa shape index (κ2) is 6.71. The van der Waals surface area contributed by atoms with Crippen molar-refractivity contribution in [2.75, 3.05) is 6.54 Å². The fourth-order valence-electron chi connectivity index (χ4n) is 2.31. The first-order valence-electron chi connectivity index (χ1n) is 7.23. The maximum Gasteiger partial charge on any atom is 0.125 e. The number of hydrogen-bond donors (Lipinski definition) is 1. The Balaban J connectivity index is 2.38. The maximum absolute atomic E-state index is 13.6. The third-order valence-corrected chi connectivity index (χ3v) is 3.47. The molecule has 20 heavy (non-hydrogen) atoms. The molecule has 0 radical (unpaired) electrons. The van der Waals surface area contributed by atoms with Crippen molar-refractivity contribution in [3.63, 3.8) is 0 Å². The second-order valence-corrected chi connectivity index (χ2v) is 5.05. The van der Waals surface area contributed by atoms with E-state index in [9.17, 15) is 4.39 Å². The summed E-state index contributed by atoms with van der Waals surface area (Å²) in [6.07, 6.45) is 1.88. The molecule has 0 saturated heterocycles. The molecule has 0 aliphatic carbocycles. The van der Waals surface area contributed by atoms with E-state index in [4.69, 9.17) is 4.42 Å². The van der Waals surface area contributed by atoms with Crippen LogP contribution in [0.1, 0.15) is 49.0 Å². The first-order valence-corrected chi connectivity index (χ1v) is 7.23. The number of furan rings is 1. The molecule has 0 saturated carbocycles. The molecule has 2 nitrogen and oxygen atoms in total. The summed E-state index contributed by atoms with van der Waals surface area (Å²) in [6.45, 7) is 7.04. The van der Waals surface area contributed by atoms with Crippen LogP contribution in [0.2, 0.25) is 0 Å². The van der Waals surface area contributed by atoms with Gasteiger partial charge in [0, 0.05) is 6.42 Å². The number of hydrogen-bond acceptors (Lipinski definition) is 2. The van der Waals surface area contributed by atoms with Crippen molar-refractivity contribution in [3.8, 4) is 0 Å². The van der Waals surface area contributed by atoms with Crippen LogP contribution in [-0.4, -0.2) is 6.54 Å². The molecule has 0 fully saturated rings. The predicted molar refractivity (Wildman–Crippen MR) is 79.4 cm³/mol. The van der Waals surface area contributed by atoms with Crippen molar-refractivity contribution in [2.45, 2.75) is 39.7 Å². The first kappa shape index (κ1) is 14.8. The van der Waals surface area contributed by atoms with E-state index >= 15 is 0 Å². The zero-order chi connectivity index (χ0) is 14.5. The Hall–Kier alpha value is -1.61. The van der Waals surface area contributed by atoms with E-state index in [0.717, 1.165) is 42.0 Å². The van der Waals surface area contributed by atoms with Crippen LogP contribution in [-0.2, 0) is 6.42 Å². The standard InChI is InChI=1S/C17H22FNO/c1-4-10-19-17(16-9-8-14(5-2)20-16)15-11-13(18)7-6-12(15)3/h6-9,11,17,19H,4-5,10H2,1-3H3. The van der Waals surface area contributed by atoms with Crippen LogP contribution < -0.4 is 5.32 Å². The quantitative estimate of drug-likeness (QED) is 0.846. The van der Waals surface area contributed by atoms with Gasteiger partial charge in [-0.2, -0.15) is 0 Å². The van der Waals surface area contributed by atoms with E-state index in [-0.39, 0.29) is 11.9 Å². The van der Waals surface area contributed by atoms with Gasteiger partial charge in [0.15, 0.2) is 0 Å². The first-order chi connectivity index (χ1) is 9.65. The SMILES string of the molecule is CCCNC(c1ccc(CC)o1)c1cc(F)ccc1C. The van der Waals surface area contributed by atoms with Crippen LogP contribution in [0.5, 0.6) is 0 Å². The molecule has 1 N–H and O–H groups in total. The number of rotatable bonds is 6. The van der Waals surface area contributed by atoms with Gasteiger partial charge in [-0.1, -0.05) is 19.9 Å². The normalized spacial score (nSPS) is 12.6. The minimum atomic E-state index is -0.212. The highest BCUT2D eigenvalue weighted by molar-refractivity contribution is 5.34. The molecule has 3 heteroatoms. The molecule has 1 aromatic carbocycles. The molecule has 108 valence electrons. The van der Waals surface area contributed by atoms with E-state index in [0.29, 0.717) is 0 Å². The zero-order valence-corrected chi connectivity index (χ0v) is 12.4. The Labute approximate surface area is 120 Å². The van der Waals surface area contributed by atoms with Crippen molar-refractivity contribution in [2.24, 2.45) is 0 Å². The smallest absolute Gasteiger partial charge is 0.125 e. The topological polar surface area (TPSA) is 25.2 Å². The molecule has 0 amide bonds. The molecule has 2 aromatic rings. The summed E-state index contributed by atoms with van der Waals surface area (Å²) < 4.78 is 19.4. The van der Waals surface area contributed by atoms with Crippen molar-refractivity contribution in [1.82, 2.24) is 5.32 Å². The average molecular weight is 275 g/mol. The van der Waals surface area contributed by atoms with Gasteiger partial charge in [0.2, 0.25) is 0 Å². The highest BCUT2D eigenvalue weighted by atomic mass is 19.1. The highest BCUT2D eigenvalue weighted by Crippen LogP contribution is 2.27. The van der Waals surface area contributed by atoms with Gasteiger partial charge in [-0.05, 0) is 55.3 Å². The van der Waals surface area contributed by atoms with E-state index in [1.54, 1.807) is 6.07 Å². The zero-order valence-electron chi connectivity index (χ0n) is 12.4. The van der Waals surface area contributed by atoms with Gasteiger partial charge < -0.3 is 9.73 Å². The third-order valence-electron chi connectivity index (χ3n) is 3.47. The predicted octanol–water partition coefficient (Wildman–Crippen LogP) is 4.38. The maximum atomic E-state index is 13.6. The monoisotopic (exact) mass is 275 g/mol. The lowest BCUT2D eigenvalue weighted by Gasteiger charge is -2.19. The van der Waals surface area contributed by atoms with Gasteiger partial charge in [-0.25, -0.2) is 4.39 Å². The van der Waals surface area contributed by atoms with Gasteiger partial charge in [-0.3, -0.25) is 0 Å². The number of benzene rings is 1. The lowest BCUT2D eigenvalue weighted by Crippen LogP contribution is -2.23. The van der Waals surface area contributed by atoms with Gasteiger partial charge in [0.1, 0.15) is 17.3 Å². The van der Waals surface area contributed by atoms with Crippen LogP contribution in [0.3, 0.4) is 0 Å².